The predicted octanol–water partition coefficient (Wildman–Crippen LogP) is 4.68. The Kier molecular flexibility index (Phi) is 3.99. The van der Waals surface area contributed by atoms with Gasteiger partial charge in [0.25, 0.3) is 0 Å². The molecular formula is C17H15F2NS. The van der Waals surface area contributed by atoms with Crippen LogP contribution in [-0.2, 0) is 6.42 Å². The number of hydrogen-bond acceptors (Lipinski definition) is 2. The highest BCUT2D eigenvalue weighted by Crippen LogP contribution is 2.31. The number of nitrogens with one attached hydrogen (secondary N) is 1. The maximum absolute atomic E-state index is 13.3. The van der Waals surface area contributed by atoms with Crippen molar-refractivity contribution in [1.29, 1.82) is 0 Å². The van der Waals surface area contributed by atoms with Crippen molar-refractivity contribution in [1.82, 2.24) is 5.32 Å². The summed E-state index contributed by atoms with van der Waals surface area (Å²) in [5, 5.41) is 4.21. The first kappa shape index (κ1) is 14.2. The van der Waals surface area contributed by atoms with Gasteiger partial charge < -0.3 is 5.32 Å². The zero-order valence-corrected chi connectivity index (χ0v) is 12.4. The molecule has 1 aromatic heterocycles. The number of fused-ring (bicyclic) bond motifs is 1. The van der Waals surface area contributed by atoms with Crippen molar-refractivity contribution in [3.63, 3.8) is 0 Å². The molecule has 0 radical (unpaired) electrons. The van der Waals surface area contributed by atoms with E-state index in [1.54, 1.807) is 29.5 Å². The fourth-order valence-electron chi connectivity index (χ4n) is 2.41. The van der Waals surface area contributed by atoms with Gasteiger partial charge in [0, 0.05) is 15.6 Å². The van der Waals surface area contributed by atoms with E-state index in [1.807, 2.05) is 19.2 Å². The van der Waals surface area contributed by atoms with Gasteiger partial charge in [0.15, 0.2) is 0 Å². The molecule has 2 aromatic carbocycles. The lowest BCUT2D eigenvalue weighted by atomic mass is 10.0. The molecule has 3 rings (SSSR count). The smallest absolute Gasteiger partial charge is 0.123 e. The number of hydrogen-bond donors (Lipinski definition) is 1. The van der Waals surface area contributed by atoms with Crippen LogP contribution in [0.3, 0.4) is 0 Å². The number of rotatable bonds is 4. The highest BCUT2D eigenvalue weighted by Gasteiger charge is 2.14. The van der Waals surface area contributed by atoms with Crippen molar-refractivity contribution in [2.75, 3.05) is 7.05 Å². The van der Waals surface area contributed by atoms with E-state index in [2.05, 4.69) is 5.32 Å². The topological polar surface area (TPSA) is 12.0 Å². The summed E-state index contributed by atoms with van der Waals surface area (Å²) in [7, 11) is 1.90. The van der Waals surface area contributed by atoms with Crippen LogP contribution in [-0.4, -0.2) is 7.05 Å². The molecule has 0 spiro atoms. The Morgan fingerprint density at radius 2 is 1.71 bits per heavy atom. The summed E-state index contributed by atoms with van der Waals surface area (Å²) in [6, 6.07) is 13.5. The van der Waals surface area contributed by atoms with Crippen molar-refractivity contribution in [2.45, 2.75) is 12.5 Å². The van der Waals surface area contributed by atoms with Crippen LogP contribution in [0.1, 0.15) is 16.5 Å². The Morgan fingerprint density at radius 1 is 1.00 bits per heavy atom. The van der Waals surface area contributed by atoms with Crippen LogP contribution in [0.5, 0.6) is 0 Å². The van der Waals surface area contributed by atoms with Gasteiger partial charge in [-0.05, 0) is 60.8 Å². The molecular weight excluding hydrogens is 288 g/mol. The van der Waals surface area contributed by atoms with E-state index in [0.717, 1.165) is 26.9 Å². The molecule has 108 valence electrons. The lowest BCUT2D eigenvalue weighted by Crippen LogP contribution is -2.17. The molecule has 0 amide bonds. The van der Waals surface area contributed by atoms with Gasteiger partial charge in [0.1, 0.15) is 11.6 Å². The molecule has 1 heterocycles. The van der Waals surface area contributed by atoms with Gasteiger partial charge in [-0.25, -0.2) is 8.78 Å². The van der Waals surface area contributed by atoms with E-state index in [4.69, 9.17) is 0 Å². The summed E-state index contributed by atoms with van der Waals surface area (Å²) in [6.45, 7) is 0. The molecule has 21 heavy (non-hydrogen) atoms. The average Bonchev–Trinajstić information content (AvgIpc) is 2.89. The van der Waals surface area contributed by atoms with E-state index in [0.29, 0.717) is 0 Å². The molecule has 0 fully saturated rings. The van der Waals surface area contributed by atoms with Gasteiger partial charge in [0.2, 0.25) is 0 Å². The van der Waals surface area contributed by atoms with Crippen molar-refractivity contribution >= 4 is 21.4 Å². The molecule has 1 atom stereocenters. The molecule has 0 aliphatic heterocycles. The Hall–Kier alpha value is -1.78. The number of halogens is 2. The van der Waals surface area contributed by atoms with E-state index < -0.39 is 0 Å². The Morgan fingerprint density at radius 3 is 2.43 bits per heavy atom. The van der Waals surface area contributed by atoms with Crippen LogP contribution in [0.15, 0.2) is 48.5 Å². The minimum absolute atomic E-state index is 0.135. The number of likely N-dealkylation sites (N-methyl/N-ethyl adjacent to an activating group) is 1. The largest absolute Gasteiger partial charge is 0.312 e. The minimum atomic E-state index is -0.225. The molecule has 0 saturated carbocycles. The molecule has 0 saturated heterocycles. The van der Waals surface area contributed by atoms with Crippen LogP contribution >= 0.6 is 11.3 Å². The highest BCUT2D eigenvalue weighted by atomic mass is 32.1. The maximum Gasteiger partial charge on any atom is 0.123 e. The lowest BCUT2D eigenvalue weighted by Gasteiger charge is -2.14. The fourth-order valence-corrected chi connectivity index (χ4v) is 3.56. The van der Waals surface area contributed by atoms with Crippen molar-refractivity contribution in [3.8, 4) is 0 Å². The summed E-state index contributed by atoms with van der Waals surface area (Å²) >= 11 is 1.66. The summed E-state index contributed by atoms with van der Waals surface area (Å²) in [5.41, 5.74) is 1.07. The number of benzene rings is 2. The Balaban J connectivity index is 1.88. The molecule has 4 heteroatoms. The van der Waals surface area contributed by atoms with Gasteiger partial charge in [-0.3, -0.25) is 0 Å². The Bertz CT molecular complexity index is 749. The lowest BCUT2D eigenvalue weighted by molar-refractivity contribution is 0.598. The molecule has 3 aromatic rings. The SMILES string of the molecule is CNC(Cc1ccc(F)cc1)c1cc2cc(F)ccc2s1. The molecule has 0 aliphatic carbocycles. The van der Waals surface area contributed by atoms with Gasteiger partial charge >= 0.3 is 0 Å². The van der Waals surface area contributed by atoms with Crippen LogP contribution in [0.4, 0.5) is 8.78 Å². The maximum atomic E-state index is 13.3. The zero-order chi connectivity index (χ0) is 14.8. The van der Waals surface area contributed by atoms with Crippen molar-refractivity contribution < 1.29 is 8.78 Å². The third-order valence-corrected chi connectivity index (χ3v) is 4.77. The van der Waals surface area contributed by atoms with Crippen LogP contribution < -0.4 is 5.32 Å². The highest BCUT2D eigenvalue weighted by molar-refractivity contribution is 7.19. The summed E-state index contributed by atoms with van der Waals surface area (Å²) in [4.78, 5) is 1.16. The standard InChI is InChI=1S/C17H15F2NS/c1-20-15(8-11-2-4-13(18)5-3-11)17-10-12-9-14(19)6-7-16(12)21-17/h2-7,9-10,15,20H,8H2,1H3. The van der Waals surface area contributed by atoms with Gasteiger partial charge in [-0.15, -0.1) is 11.3 Å². The first-order valence-electron chi connectivity index (χ1n) is 6.76. The van der Waals surface area contributed by atoms with Crippen molar-refractivity contribution in [3.05, 3.63) is 70.6 Å². The molecule has 1 nitrogen and oxygen atoms in total. The van der Waals surface area contributed by atoms with Crippen LogP contribution in [0.25, 0.3) is 10.1 Å². The summed E-state index contributed by atoms with van der Waals surface area (Å²) in [5.74, 6) is -0.441. The predicted molar refractivity (Wildman–Crippen MR) is 83.7 cm³/mol. The van der Waals surface area contributed by atoms with Gasteiger partial charge in [-0.2, -0.15) is 0 Å². The zero-order valence-electron chi connectivity index (χ0n) is 11.6. The monoisotopic (exact) mass is 303 g/mol. The van der Waals surface area contributed by atoms with E-state index in [9.17, 15) is 8.78 Å². The quantitative estimate of drug-likeness (QED) is 0.738. The molecule has 0 aliphatic rings. The second-order valence-corrected chi connectivity index (χ2v) is 6.12. The first-order chi connectivity index (χ1) is 10.2. The summed E-state index contributed by atoms with van der Waals surface area (Å²) in [6.07, 6.45) is 0.770. The molecule has 1 unspecified atom stereocenters. The van der Waals surface area contributed by atoms with Gasteiger partial charge in [0.05, 0.1) is 0 Å². The van der Waals surface area contributed by atoms with E-state index >= 15 is 0 Å². The minimum Gasteiger partial charge on any atom is -0.312 e. The third kappa shape index (κ3) is 3.12. The second-order valence-electron chi connectivity index (χ2n) is 5.00. The first-order valence-corrected chi connectivity index (χ1v) is 7.58. The normalized spacial score (nSPS) is 12.7. The third-order valence-electron chi connectivity index (χ3n) is 3.54. The molecule has 1 N–H and O–H groups in total. The Labute approximate surface area is 126 Å². The second kappa shape index (κ2) is 5.92. The molecule has 0 bridgehead atoms. The van der Waals surface area contributed by atoms with Crippen LogP contribution in [0.2, 0.25) is 0 Å². The fraction of sp³-hybridized carbons (Fsp3) is 0.176. The van der Waals surface area contributed by atoms with Crippen LogP contribution in [0, 0.1) is 11.6 Å². The van der Waals surface area contributed by atoms with E-state index in [1.165, 1.54) is 18.2 Å². The average molecular weight is 303 g/mol. The van der Waals surface area contributed by atoms with Gasteiger partial charge in [-0.1, -0.05) is 12.1 Å². The summed E-state index contributed by atoms with van der Waals surface area (Å²) < 4.78 is 27.3. The van der Waals surface area contributed by atoms with Crippen molar-refractivity contribution in [2.24, 2.45) is 0 Å². The van der Waals surface area contributed by atoms with E-state index in [-0.39, 0.29) is 17.7 Å². The number of thiophene rings is 1.